The zero-order valence-electron chi connectivity index (χ0n) is 19.9. The van der Waals surface area contributed by atoms with Gasteiger partial charge < -0.3 is 14.8 Å². The van der Waals surface area contributed by atoms with Gasteiger partial charge in [0.05, 0.1) is 34.5 Å². The third-order valence-corrected chi connectivity index (χ3v) is 5.56. The number of nitrogens with zero attached hydrogens (tertiary/aromatic N) is 3. The average molecular weight is 531 g/mol. The lowest BCUT2D eigenvalue weighted by Crippen LogP contribution is -2.27. The van der Waals surface area contributed by atoms with Crippen LogP contribution >= 0.6 is 15.9 Å². The summed E-state index contributed by atoms with van der Waals surface area (Å²) in [7, 11) is 1.56. The maximum atomic E-state index is 13.2. The van der Waals surface area contributed by atoms with Crippen LogP contribution in [0.1, 0.15) is 43.6 Å². The number of nitro benzene ring substituents is 1. The van der Waals surface area contributed by atoms with Gasteiger partial charge in [-0.2, -0.15) is 0 Å². The van der Waals surface area contributed by atoms with Gasteiger partial charge >= 0.3 is 5.97 Å². The van der Waals surface area contributed by atoms with E-state index in [9.17, 15) is 14.9 Å². The molecule has 9 nitrogen and oxygen atoms in total. The molecule has 0 atom stereocenters. The fourth-order valence-electron chi connectivity index (χ4n) is 3.50. The molecule has 0 saturated carbocycles. The quantitative estimate of drug-likeness (QED) is 0.229. The third kappa shape index (κ3) is 5.22. The number of nitro groups is 1. The molecule has 3 aromatic rings. The molecule has 0 aliphatic carbocycles. The first-order valence-corrected chi connectivity index (χ1v) is 11.4. The fraction of sp³-hybridized carbons (Fsp3) is 0.333. The first-order valence-electron chi connectivity index (χ1n) is 10.6. The number of non-ortho nitro benzene ring substituents is 1. The number of aromatic nitrogens is 2. The highest BCUT2D eigenvalue weighted by molar-refractivity contribution is 9.10. The number of nitrogens with one attached hydrogen (secondary N) is 1. The molecule has 1 heterocycles. The summed E-state index contributed by atoms with van der Waals surface area (Å²) in [6.45, 7) is 9.57. The molecule has 0 unspecified atom stereocenters. The molecule has 2 aromatic carbocycles. The van der Waals surface area contributed by atoms with Crippen LogP contribution in [0.4, 0.5) is 11.5 Å². The Balaban J connectivity index is 2.39. The van der Waals surface area contributed by atoms with Crippen LogP contribution in [0.3, 0.4) is 0 Å². The second-order valence-corrected chi connectivity index (χ2v) is 9.51. The summed E-state index contributed by atoms with van der Waals surface area (Å²) in [6.07, 6.45) is 0. The van der Waals surface area contributed by atoms with E-state index in [1.165, 1.54) is 12.1 Å². The van der Waals surface area contributed by atoms with E-state index in [0.717, 1.165) is 4.47 Å². The van der Waals surface area contributed by atoms with Gasteiger partial charge in [0.1, 0.15) is 11.3 Å². The Hall–Kier alpha value is -3.40. The zero-order valence-corrected chi connectivity index (χ0v) is 21.5. The molecule has 1 aromatic heterocycles. The SMILES string of the molecule is CCOC(=O)c1c(NC(C)(C)C)nn(-c2ccc([N+](=O)[O-])cc2C)c1-c1ccc(Br)c(OC)c1. The van der Waals surface area contributed by atoms with E-state index in [1.807, 2.05) is 32.9 Å². The van der Waals surface area contributed by atoms with Gasteiger partial charge in [-0.05, 0) is 74.3 Å². The minimum absolute atomic E-state index is 0.0288. The predicted octanol–water partition coefficient (Wildman–Crippen LogP) is 5.91. The van der Waals surface area contributed by atoms with Gasteiger partial charge in [-0.1, -0.05) is 6.07 Å². The number of esters is 1. The Morgan fingerprint density at radius 3 is 2.50 bits per heavy atom. The van der Waals surface area contributed by atoms with Crippen molar-refractivity contribution >= 4 is 33.4 Å². The second kappa shape index (κ2) is 9.84. The maximum absolute atomic E-state index is 13.2. The lowest BCUT2D eigenvalue weighted by molar-refractivity contribution is -0.384. The van der Waals surface area contributed by atoms with Gasteiger partial charge in [0, 0.05) is 23.2 Å². The van der Waals surface area contributed by atoms with Crippen LogP contribution in [0.5, 0.6) is 5.75 Å². The van der Waals surface area contributed by atoms with Gasteiger partial charge in [0.2, 0.25) is 0 Å². The Morgan fingerprint density at radius 1 is 1.24 bits per heavy atom. The van der Waals surface area contributed by atoms with Crippen molar-refractivity contribution in [1.29, 1.82) is 0 Å². The molecule has 0 aliphatic heterocycles. The Kier molecular flexibility index (Phi) is 7.30. The van der Waals surface area contributed by atoms with Crippen molar-refractivity contribution in [1.82, 2.24) is 9.78 Å². The van der Waals surface area contributed by atoms with Crippen LogP contribution < -0.4 is 10.1 Å². The second-order valence-electron chi connectivity index (χ2n) is 8.66. The van der Waals surface area contributed by atoms with Crippen LogP contribution in [0, 0.1) is 17.0 Å². The monoisotopic (exact) mass is 530 g/mol. The van der Waals surface area contributed by atoms with Crippen LogP contribution in [-0.4, -0.2) is 39.9 Å². The molecule has 0 fully saturated rings. The molecule has 0 amide bonds. The summed E-state index contributed by atoms with van der Waals surface area (Å²) in [5, 5.41) is 19.3. The first-order chi connectivity index (χ1) is 16.0. The molecule has 3 rings (SSSR count). The van der Waals surface area contributed by atoms with Crippen molar-refractivity contribution in [2.45, 2.75) is 40.2 Å². The number of methoxy groups -OCH3 is 1. The molecule has 180 valence electrons. The highest BCUT2D eigenvalue weighted by Crippen LogP contribution is 2.38. The number of aryl methyl sites for hydroxylation is 1. The van der Waals surface area contributed by atoms with E-state index < -0.39 is 16.4 Å². The van der Waals surface area contributed by atoms with Gasteiger partial charge in [-0.25, -0.2) is 9.48 Å². The molecule has 0 bridgehead atoms. The molecule has 0 radical (unpaired) electrons. The van der Waals surface area contributed by atoms with Crippen molar-refractivity contribution < 1.29 is 19.2 Å². The van der Waals surface area contributed by atoms with E-state index in [1.54, 1.807) is 37.8 Å². The van der Waals surface area contributed by atoms with E-state index in [0.29, 0.717) is 34.1 Å². The molecule has 1 N–H and O–H groups in total. The Morgan fingerprint density at radius 2 is 1.94 bits per heavy atom. The van der Waals surface area contributed by atoms with Crippen molar-refractivity contribution in [3.63, 3.8) is 0 Å². The number of anilines is 1. The summed E-state index contributed by atoms with van der Waals surface area (Å²) >= 11 is 3.46. The summed E-state index contributed by atoms with van der Waals surface area (Å²) in [5.41, 5.74) is 2.19. The Labute approximate surface area is 206 Å². The fourth-order valence-corrected chi connectivity index (χ4v) is 3.90. The maximum Gasteiger partial charge on any atom is 0.344 e. The number of rotatable bonds is 7. The number of carbonyl (C=O) groups excluding carboxylic acids is 1. The minimum Gasteiger partial charge on any atom is -0.496 e. The lowest BCUT2D eigenvalue weighted by Gasteiger charge is -2.20. The van der Waals surface area contributed by atoms with E-state index in [2.05, 4.69) is 21.2 Å². The van der Waals surface area contributed by atoms with Gasteiger partial charge in [0.15, 0.2) is 5.82 Å². The largest absolute Gasteiger partial charge is 0.496 e. The average Bonchev–Trinajstić information content (AvgIpc) is 3.11. The summed E-state index contributed by atoms with van der Waals surface area (Å²) in [4.78, 5) is 24.0. The molecule has 34 heavy (non-hydrogen) atoms. The lowest BCUT2D eigenvalue weighted by atomic mass is 10.0. The van der Waals surface area contributed by atoms with Crippen LogP contribution in [-0.2, 0) is 4.74 Å². The predicted molar refractivity (Wildman–Crippen MR) is 134 cm³/mol. The number of hydrogen-bond donors (Lipinski definition) is 1. The summed E-state index contributed by atoms with van der Waals surface area (Å²) in [5.74, 6) is 0.392. The number of carbonyl (C=O) groups is 1. The zero-order chi connectivity index (χ0) is 25.2. The number of ether oxygens (including phenoxy) is 2. The first kappa shape index (κ1) is 25.2. The van der Waals surface area contributed by atoms with Crippen LogP contribution in [0.15, 0.2) is 40.9 Å². The highest BCUT2D eigenvalue weighted by Gasteiger charge is 2.30. The highest BCUT2D eigenvalue weighted by atomic mass is 79.9. The van der Waals surface area contributed by atoms with Gasteiger partial charge in [-0.3, -0.25) is 10.1 Å². The molecule has 10 heteroatoms. The topological polar surface area (TPSA) is 109 Å². The Bertz CT molecular complexity index is 1250. The minimum atomic E-state index is -0.531. The van der Waals surface area contributed by atoms with Crippen LogP contribution in [0.25, 0.3) is 16.9 Å². The van der Waals surface area contributed by atoms with Gasteiger partial charge in [0.25, 0.3) is 5.69 Å². The van der Waals surface area contributed by atoms with E-state index in [4.69, 9.17) is 14.6 Å². The number of hydrogen-bond acceptors (Lipinski definition) is 7. The number of halogens is 1. The van der Waals surface area contributed by atoms with E-state index >= 15 is 0 Å². The molecule has 0 spiro atoms. The van der Waals surface area contributed by atoms with Crippen molar-refractivity contribution in [2.24, 2.45) is 0 Å². The molecule has 0 aliphatic rings. The standard InChI is InChI=1S/C24H27BrN4O5/c1-7-34-23(30)20-21(15-8-10-17(25)19(13-15)33-6)28(27-22(20)26-24(3,4)5)18-11-9-16(29(31)32)12-14(18)2/h8-13H,7H2,1-6H3,(H,26,27). The summed E-state index contributed by atoms with van der Waals surface area (Å²) < 4.78 is 13.2. The van der Waals surface area contributed by atoms with Crippen LogP contribution in [0.2, 0.25) is 0 Å². The van der Waals surface area contributed by atoms with Crippen molar-refractivity contribution in [3.8, 4) is 22.7 Å². The summed E-state index contributed by atoms with van der Waals surface area (Å²) in [6, 6.07) is 9.96. The smallest absolute Gasteiger partial charge is 0.344 e. The third-order valence-electron chi connectivity index (χ3n) is 4.90. The van der Waals surface area contributed by atoms with E-state index in [-0.39, 0.29) is 17.9 Å². The molecular weight excluding hydrogens is 504 g/mol. The normalized spacial score (nSPS) is 11.3. The number of benzene rings is 2. The van der Waals surface area contributed by atoms with Crippen molar-refractivity contribution in [2.75, 3.05) is 19.0 Å². The van der Waals surface area contributed by atoms with Crippen molar-refractivity contribution in [3.05, 3.63) is 62.1 Å². The molecular formula is C24H27BrN4O5. The van der Waals surface area contributed by atoms with Gasteiger partial charge in [-0.15, -0.1) is 5.10 Å². The molecule has 0 saturated heterocycles.